The highest BCUT2D eigenvalue weighted by atomic mass is 35.5. The van der Waals surface area contributed by atoms with Gasteiger partial charge in [0.2, 0.25) is 0 Å². The molecule has 0 aliphatic carbocycles. The normalized spacial score (nSPS) is 11.4. The Balaban J connectivity index is 0.00000249. The largest absolute Gasteiger partial charge is 0.490 e. The van der Waals surface area contributed by atoms with Gasteiger partial charge in [0.15, 0.2) is 5.75 Å². The number of hydrogen-bond donors (Lipinski definition) is 1. The number of hydrogen-bond acceptors (Lipinski definition) is 4. The maximum Gasteiger partial charge on any atom is 0.462 e. The molecule has 0 aliphatic heterocycles. The summed E-state index contributed by atoms with van der Waals surface area (Å²) in [6, 6.07) is 9.49. The fraction of sp³-hybridized carbons (Fsp3) is 0.435. The van der Waals surface area contributed by atoms with Crippen LogP contribution in [0.5, 0.6) is 11.5 Å². The van der Waals surface area contributed by atoms with Crippen LogP contribution < -0.4 is 15.2 Å². The first-order valence-electron chi connectivity index (χ1n) is 10.1. The minimum absolute atomic E-state index is 0.152. The molecule has 0 amide bonds. The lowest BCUT2D eigenvalue weighted by Crippen LogP contribution is -2.39. The lowest BCUT2D eigenvalue weighted by Gasteiger charge is -2.27. The Morgan fingerprint density at radius 3 is 2.03 bits per heavy atom. The van der Waals surface area contributed by atoms with Crippen molar-refractivity contribution >= 4 is 40.6 Å². The van der Waals surface area contributed by atoms with Crippen molar-refractivity contribution in [3.63, 3.8) is 0 Å². The molecule has 178 valence electrons. The fourth-order valence-electron chi connectivity index (χ4n) is 2.72. The van der Waals surface area contributed by atoms with Crippen LogP contribution in [0.3, 0.4) is 0 Å². The number of benzene rings is 2. The molecule has 4 nitrogen and oxygen atoms in total. The van der Waals surface area contributed by atoms with Crippen molar-refractivity contribution in [2.45, 2.75) is 45.6 Å². The minimum atomic E-state index is -3.98. The van der Waals surface area contributed by atoms with Gasteiger partial charge in [-0.2, -0.15) is 8.78 Å². The van der Waals surface area contributed by atoms with E-state index in [1.165, 1.54) is 12.1 Å². The van der Waals surface area contributed by atoms with Crippen LogP contribution in [0.15, 0.2) is 36.4 Å². The minimum Gasteiger partial charge on any atom is -0.490 e. The maximum absolute atomic E-state index is 13.6. The number of Topliss-reactive ketones (excluding diaryl/α,β-unsaturated/α-hetero) is 1. The molecule has 0 atom stereocenters. The van der Waals surface area contributed by atoms with Gasteiger partial charge in [-0.3, -0.25) is 4.79 Å². The zero-order chi connectivity index (χ0) is 24.5. The molecule has 0 unspecified atom stereocenters. The van der Waals surface area contributed by atoms with Gasteiger partial charge in [0.1, 0.15) is 5.75 Å². The molecule has 0 saturated heterocycles. The summed E-state index contributed by atoms with van der Waals surface area (Å²) in [7, 11) is 0. The third-order valence-corrected chi connectivity index (χ3v) is 5.41. The van der Waals surface area contributed by atoms with E-state index in [0.717, 1.165) is 11.1 Å². The van der Waals surface area contributed by atoms with Gasteiger partial charge in [0.25, 0.3) is 5.78 Å². The molecule has 0 fully saturated rings. The van der Waals surface area contributed by atoms with E-state index < -0.39 is 23.9 Å². The van der Waals surface area contributed by atoms with Crippen LogP contribution in [0.25, 0.3) is 0 Å². The molecular formula is C23H28Cl3F2NO3. The van der Waals surface area contributed by atoms with E-state index in [2.05, 4.69) is 4.74 Å². The topological polar surface area (TPSA) is 61.5 Å². The molecule has 2 aromatic carbocycles. The predicted molar refractivity (Wildman–Crippen MR) is 127 cm³/mol. The second kappa shape index (κ2) is 12.6. The van der Waals surface area contributed by atoms with Crippen molar-refractivity contribution in [1.29, 1.82) is 0 Å². The van der Waals surface area contributed by atoms with Crippen LogP contribution in [0, 0.1) is 0 Å². The first-order valence-corrected chi connectivity index (χ1v) is 11.4. The Labute approximate surface area is 202 Å². The lowest BCUT2D eigenvalue weighted by atomic mass is 9.78. The van der Waals surface area contributed by atoms with Crippen LogP contribution >= 0.6 is 34.8 Å². The van der Waals surface area contributed by atoms with Crippen LogP contribution in [0.2, 0.25) is 10.0 Å². The van der Waals surface area contributed by atoms with Gasteiger partial charge in [0, 0.05) is 11.3 Å². The molecule has 0 saturated carbocycles. The first kappa shape index (κ1) is 28.4. The number of ketones is 1. The molecular weight excluding hydrogens is 483 g/mol. The van der Waals surface area contributed by atoms with Gasteiger partial charge in [-0.25, -0.2) is 0 Å². The summed E-state index contributed by atoms with van der Waals surface area (Å²) in [6.45, 7) is 7.45. The molecule has 0 bridgehead atoms. The van der Waals surface area contributed by atoms with E-state index in [1.807, 2.05) is 27.7 Å². The third kappa shape index (κ3) is 7.20. The number of halogens is 5. The second-order valence-electron chi connectivity index (χ2n) is 7.06. The van der Waals surface area contributed by atoms with Crippen molar-refractivity contribution in [2.75, 3.05) is 19.0 Å². The molecule has 0 radical (unpaired) electrons. The Morgan fingerprint density at radius 1 is 1.03 bits per heavy atom. The molecule has 2 N–H and O–H groups in total. The quantitative estimate of drug-likeness (QED) is 0.280. The second-order valence-corrected chi connectivity index (χ2v) is 8.25. The maximum atomic E-state index is 13.6. The summed E-state index contributed by atoms with van der Waals surface area (Å²) in [5.41, 5.74) is 6.02. The number of nitrogens with two attached hydrogens (primary N) is 1. The number of carbonyl (C=O) groups is 1. The molecule has 2 aromatic rings. The number of rotatable bonds is 10. The molecule has 0 aliphatic rings. The van der Waals surface area contributed by atoms with Crippen LogP contribution in [-0.4, -0.2) is 30.9 Å². The molecule has 0 heterocycles. The smallest absolute Gasteiger partial charge is 0.462 e. The zero-order valence-corrected chi connectivity index (χ0v) is 20.8. The van der Waals surface area contributed by atoms with Gasteiger partial charge in [-0.1, -0.05) is 63.0 Å². The Morgan fingerprint density at radius 2 is 1.56 bits per heavy atom. The van der Waals surface area contributed by atoms with Crippen molar-refractivity contribution in [3.05, 3.63) is 57.6 Å². The average molecular weight is 511 g/mol. The summed E-state index contributed by atoms with van der Waals surface area (Å²) in [4.78, 5) is 11.2. The van der Waals surface area contributed by atoms with E-state index in [9.17, 15) is 13.6 Å². The Hall–Kier alpha value is -1.60. The summed E-state index contributed by atoms with van der Waals surface area (Å²) < 4.78 is 37.4. The van der Waals surface area contributed by atoms with E-state index in [1.54, 1.807) is 24.3 Å². The summed E-state index contributed by atoms with van der Waals surface area (Å²) in [6.07, 6.45) is -3.32. The first-order chi connectivity index (χ1) is 15.0. The number of carbonyl (C=O) groups excluding carboxylic acids is 1. The summed E-state index contributed by atoms with van der Waals surface area (Å²) in [5.74, 6) is -0.796. The van der Waals surface area contributed by atoms with E-state index in [0.29, 0.717) is 34.7 Å². The van der Waals surface area contributed by atoms with Crippen molar-refractivity contribution in [1.82, 2.24) is 0 Å². The number of ether oxygens (including phenoxy) is 2. The van der Waals surface area contributed by atoms with Crippen LogP contribution in [-0.2, 0) is 10.2 Å². The number of alkyl halides is 3. The highest BCUT2D eigenvalue weighted by molar-refractivity contribution is 6.37. The lowest BCUT2D eigenvalue weighted by molar-refractivity contribution is -0.188. The van der Waals surface area contributed by atoms with Crippen LogP contribution in [0.1, 0.15) is 45.2 Å². The zero-order valence-electron chi connectivity index (χ0n) is 18.5. The van der Waals surface area contributed by atoms with Crippen molar-refractivity contribution in [3.8, 4) is 11.5 Å². The standard InChI is InChI=1S/C21H22Cl3F2NO3.C2H6/c1-20(2,14-10-16(23)19(17(24)11-14)29-9-3-8-22)13-4-6-15(7-5-13)30-21(25,26)18(28)12-27;1-2/h4-7,10-11H,3,8-9,12,27H2,1-2H3;1-2H3. The average Bonchev–Trinajstić information content (AvgIpc) is 2.76. The summed E-state index contributed by atoms with van der Waals surface area (Å²) >= 11 is 18.4. The van der Waals surface area contributed by atoms with Gasteiger partial charge in [-0.05, 0) is 41.8 Å². The van der Waals surface area contributed by atoms with Crippen LogP contribution in [0.4, 0.5) is 8.78 Å². The third-order valence-electron chi connectivity index (χ3n) is 4.58. The highest BCUT2D eigenvalue weighted by Crippen LogP contribution is 2.41. The van der Waals surface area contributed by atoms with E-state index in [-0.39, 0.29) is 5.75 Å². The fourth-order valence-corrected chi connectivity index (χ4v) is 3.42. The predicted octanol–water partition coefficient (Wildman–Crippen LogP) is 6.85. The highest BCUT2D eigenvalue weighted by Gasteiger charge is 2.40. The van der Waals surface area contributed by atoms with Gasteiger partial charge in [0.05, 0.1) is 23.2 Å². The molecule has 9 heteroatoms. The molecule has 0 aromatic heterocycles. The Bertz CT molecular complexity index is 868. The van der Waals surface area contributed by atoms with Gasteiger partial charge < -0.3 is 15.2 Å². The van der Waals surface area contributed by atoms with E-state index >= 15 is 0 Å². The monoisotopic (exact) mass is 509 g/mol. The van der Waals surface area contributed by atoms with Gasteiger partial charge >= 0.3 is 6.11 Å². The molecule has 2 rings (SSSR count). The molecule has 0 spiro atoms. The van der Waals surface area contributed by atoms with Gasteiger partial charge in [-0.15, -0.1) is 11.6 Å². The SMILES string of the molecule is CC.CC(C)(c1ccc(OC(F)(F)C(=O)CN)cc1)c1cc(Cl)c(OCCCCl)c(Cl)c1. The molecule has 32 heavy (non-hydrogen) atoms. The van der Waals surface area contributed by atoms with Crippen molar-refractivity contribution in [2.24, 2.45) is 5.73 Å². The Kier molecular flexibility index (Phi) is 11.2. The summed E-state index contributed by atoms with van der Waals surface area (Å²) in [5, 5.41) is 0.722. The van der Waals surface area contributed by atoms with E-state index in [4.69, 9.17) is 45.3 Å². The van der Waals surface area contributed by atoms with Crippen molar-refractivity contribution < 1.29 is 23.0 Å².